The summed E-state index contributed by atoms with van der Waals surface area (Å²) in [6.07, 6.45) is 4.95. The molecule has 1 fully saturated rings. The lowest BCUT2D eigenvalue weighted by molar-refractivity contribution is -0.384. The van der Waals surface area contributed by atoms with Crippen molar-refractivity contribution in [2.24, 2.45) is 0 Å². The van der Waals surface area contributed by atoms with Crippen LogP contribution in [0.5, 0.6) is 0 Å². The number of carbonyl (C=O) groups is 1. The largest absolute Gasteiger partial charge is 0.461 e. The van der Waals surface area contributed by atoms with Gasteiger partial charge < -0.3 is 14.2 Å². The van der Waals surface area contributed by atoms with Gasteiger partial charge in [0.05, 0.1) is 30.0 Å². The van der Waals surface area contributed by atoms with Gasteiger partial charge in [0.1, 0.15) is 5.69 Å². The van der Waals surface area contributed by atoms with Gasteiger partial charge in [-0.2, -0.15) is 0 Å². The van der Waals surface area contributed by atoms with Crippen LogP contribution in [0.4, 0.5) is 10.8 Å². The number of aromatic nitrogens is 2. The molecule has 9 heteroatoms. The van der Waals surface area contributed by atoms with E-state index in [0.717, 1.165) is 23.9 Å². The molecule has 3 rings (SSSR count). The van der Waals surface area contributed by atoms with Crippen molar-refractivity contribution in [1.82, 2.24) is 9.55 Å². The van der Waals surface area contributed by atoms with Crippen LogP contribution in [0.25, 0.3) is 0 Å². The quantitative estimate of drug-likeness (QED) is 0.444. The molecule has 0 radical (unpaired) electrons. The number of rotatable bonds is 6. The number of carbonyl (C=O) groups excluding carboxylic acids is 1. The zero-order chi connectivity index (χ0) is 17.8. The molecule has 2 aromatic rings. The monoisotopic (exact) mass is 364 g/mol. The molecule has 8 nitrogen and oxygen atoms in total. The highest BCUT2D eigenvalue weighted by Gasteiger charge is 2.21. The minimum absolute atomic E-state index is 0.130. The maximum absolute atomic E-state index is 12.1. The second-order valence-corrected chi connectivity index (χ2v) is 6.69. The van der Waals surface area contributed by atoms with E-state index in [4.69, 9.17) is 4.74 Å². The summed E-state index contributed by atoms with van der Waals surface area (Å²) in [7, 11) is 0. The molecule has 0 N–H and O–H groups in total. The Bertz CT molecular complexity index is 764. The van der Waals surface area contributed by atoms with E-state index in [1.54, 1.807) is 18.3 Å². The summed E-state index contributed by atoms with van der Waals surface area (Å²) in [5.41, 5.74) is 0.817. The molecule has 25 heavy (non-hydrogen) atoms. The number of hydrogen-bond donors (Lipinski definition) is 0. The summed E-state index contributed by atoms with van der Waals surface area (Å²) in [6.45, 7) is 4.23. The van der Waals surface area contributed by atoms with Crippen LogP contribution in [0.15, 0.2) is 17.6 Å². The first kappa shape index (κ1) is 17.4. The fourth-order valence-corrected chi connectivity index (χ4v) is 3.75. The van der Waals surface area contributed by atoms with Crippen molar-refractivity contribution in [3.63, 3.8) is 0 Å². The van der Waals surface area contributed by atoms with Crippen LogP contribution in [0.1, 0.15) is 42.4 Å². The molecule has 0 unspecified atom stereocenters. The average Bonchev–Trinajstić information content (AvgIpc) is 3.24. The Balaban J connectivity index is 1.80. The molecule has 0 atom stereocenters. The van der Waals surface area contributed by atoms with Crippen LogP contribution in [0.2, 0.25) is 0 Å². The van der Waals surface area contributed by atoms with Gasteiger partial charge in [-0.25, -0.2) is 9.78 Å². The van der Waals surface area contributed by atoms with Crippen LogP contribution in [0.3, 0.4) is 0 Å². The summed E-state index contributed by atoms with van der Waals surface area (Å²) in [5, 5.41) is 13.9. The molecule has 1 aliphatic heterocycles. The summed E-state index contributed by atoms with van der Waals surface area (Å²) in [5.74, 6) is -0.568. The van der Waals surface area contributed by atoms with E-state index >= 15 is 0 Å². The highest BCUT2D eigenvalue weighted by Crippen LogP contribution is 2.25. The number of thiazole rings is 1. The van der Waals surface area contributed by atoms with Crippen molar-refractivity contribution >= 4 is 28.1 Å². The third-order valence-corrected chi connectivity index (χ3v) is 5.03. The normalized spacial score (nSPS) is 14.5. The molecule has 0 saturated carbocycles. The van der Waals surface area contributed by atoms with E-state index < -0.39 is 10.9 Å². The van der Waals surface area contributed by atoms with Crippen LogP contribution in [0, 0.1) is 10.1 Å². The fraction of sp³-hybridized carbons (Fsp3) is 0.500. The second kappa shape index (κ2) is 7.64. The van der Waals surface area contributed by atoms with Gasteiger partial charge in [0.2, 0.25) is 0 Å². The van der Waals surface area contributed by atoms with Crippen LogP contribution in [-0.2, 0) is 11.3 Å². The minimum Gasteiger partial charge on any atom is -0.461 e. The van der Waals surface area contributed by atoms with E-state index in [-0.39, 0.29) is 18.0 Å². The molecule has 0 bridgehead atoms. The lowest BCUT2D eigenvalue weighted by Crippen LogP contribution is -2.29. The van der Waals surface area contributed by atoms with Gasteiger partial charge in [0.25, 0.3) is 5.69 Å². The first-order valence-corrected chi connectivity index (χ1v) is 9.17. The second-order valence-electron chi connectivity index (χ2n) is 5.86. The first-order chi connectivity index (χ1) is 12.1. The predicted molar refractivity (Wildman–Crippen MR) is 94.3 cm³/mol. The van der Waals surface area contributed by atoms with Crippen molar-refractivity contribution in [1.29, 1.82) is 0 Å². The maximum Gasteiger partial charge on any atom is 0.355 e. The van der Waals surface area contributed by atoms with E-state index in [9.17, 15) is 14.9 Å². The molecule has 1 aliphatic rings. The number of anilines is 1. The molecular formula is C16H20N4O4S. The Labute approximate surface area is 149 Å². The first-order valence-electron chi connectivity index (χ1n) is 8.29. The number of hydrogen-bond acceptors (Lipinski definition) is 7. The predicted octanol–water partition coefficient (Wildman–Crippen LogP) is 3.07. The molecular weight excluding hydrogens is 344 g/mol. The minimum atomic E-state index is -0.568. The van der Waals surface area contributed by atoms with Gasteiger partial charge in [0.15, 0.2) is 5.13 Å². The molecule has 0 aliphatic carbocycles. The highest BCUT2D eigenvalue weighted by molar-refractivity contribution is 7.13. The van der Waals surface area contributed by atoms with Crippen molar-refractivity contribution in [2.45, 2.75) is 32.7 Å². The Hall–Kier alpha value is -2.42. The van der Waals surface area contributed by atoms with Gasteiger partial charge in [-0.1, -0.05) is 0 Å². The number of nitro groups is 1. The Morgan fingerprint density at radius 3 is 2.84 bits per heavy atom. The van der Waals surface area contributed by atoms with Crippen molar-refractivity contribution < 1.29 is 14.5 Å². The summed E-state index contributed by atoms with van der Waals surface area (Å²) >= 11 is 1.56. The summed E-state index contributed by atoms with van der Waals surface area (Å²) in [6, 6.07) is 1.25. The number of piperidine rings is 1. The number of nitrogens with zero attached hydrogens (tertiary/aromatic N) is 4. The zero-order valence-electron chi connectivity index (χ0n) is 14.0. The third-order valence-electron chi connectivity index (χ3n) is 4.08. The molecule has 2 aromatic heterocycles. The molecule has 0 aromatic carbocycles. The molecule has 3 heterocycles. The SMILES string of the molecule is CCOC(=O)c1cc([N+](=O)[O-])cn1Cc1csc(N2CCCCC2)n1. The molecule has 0 spiro atoms. The molecule has 134 valence electrons. The van der Waals surface area contributed by atoms with Crippen LogP contribution >= 0.6 is 11.3 Å². The smallest absolute Gasteiger partial charge is 0.355 e. The van der Waals surface area contributed by atoms with Crippen molar-refractivity contribution in [3.8, 4) is 0 Å². The van der Waals surface area contributed by atoms with Gasteiger partial charge >= 0.3 is 5.97 Å². The van der Waals surface area contributed by atoms with Gasteiger partial charge in [-0.3, -0.25) is 10.1 Å². The number of ether oxygens (including phenoxy) is 1. The van der Waals surface area contributed by atoms with Crippen LogP contribution in [-0.4, -0.2) is 40.1 Å². The average molecular weight is 364 g/mol. The van der Waals surface area contributed by atoms with Crippen molar-refractivity contribution in [3.05, 3.63) is 39.1 Å². The van der Waals surface area contributed by atoms with E-state index in [1.807, 2.05) is 5.38 Å². The lowest BCUT2D eigenvalue weighted by Gasteiger charge is -2.25. The van der Waals surface area contributed by atoms with E-state index in [0.29, 0.717) is 6.54 Å². The van der Waals surface area contributed by atoms with Crippen molar-refractivity contribution in [2.75, 3.05) is 24.6 Å². The highest BCUT2D eigenvalue weighted by atomic mass is 32.1. The maximum atomic E-state index is 12.1. The van der Waals surface area contributed by atoms with Gasteiger partial charge in [-0.05, 0) is 26.2 Å². The zero-order valence-corrected chi connectivity index (χ0v) is 14.8. The topological polar surface area (TPSA) is 90.5 Å². The summed E-state index contributed by atoms with van der Waals surface area (Å²) in [4.78, 5) is 29.5. The summed E-state index contributed by atoms with van der Waals surface area (Å²) < 4.78 is 6.52. The van der Waals surface area contributed by atoms with E-state index in [2.05, 4.69) is 9.88 Å². The lowest BCUT2D eigenvalue weighted by atomic mass is 10.1. The molecule has 1 saturated heterocycles. The van der Waals surface area contributed by atoms with Crippen LogP contribution < -0.4 is 4.90 Å². The Kier molecular flexibility index (Phi) is 5.32. The van der Waals surface area contributed by atoms with Gasteiger partial charge in [-0.15, -0.1) is 11.3 Å². The van der Waals surface area contributed by atoms with E-state index in [1.165, 1.54) is 36.1 Å². The fourth-order valence-electron chi connectivity index (χ4n) is 2.88. The Morgan fingerprint density at radius 1 is 1.40 bits per heavy atom. The van der Waals surface area contributed by atoms with Gasteiger partial charge in [0, 0.05) is 24.5 Å². The molecule has 0 amide bonds. The Morgan fingerprint density at radius 2 is 2.16 bits per heavy atom. The standard InChI is InChI=1S/C16H20N4O4S/c1-2-24-15(21)14-8-13(20(22)23)10-19(14)9-12-11-25-16(17-12)18-6-4-3-5-7-18/h8,10-11H,2-7,9H2,1H3. The number of esters is 1. The third kappa shape index (κ3) is 3.98.